The van der Waals surface area contributed by atoms with Gasteiger partial charge in [0.1, 0.15) is 11.2 Å². The van der Waals surface area contributed by atoms with E-state index in [2.05, 4.69) is 20.4 Å². The van der Waals surface area contributed by atoms with E-state index < -0.39 is 53.5 Å². The minimum Gasteiger partial charge on any atom is -0.453 e. The molecule has 1 saturated heterocycles. The lowest BCUT2D eigenvalue weighted by atomic mass is 10.00. The molecule has 0 aromatic heterocycles. The Labute approximate surface area is 273 Å². The summed E-state index contributed by atoms with van der Waals surface area (Å²) in [6, 6.07) is 17.9. The highest BCUT2D eigenvalue weighted by molar-refractivity contribution is 6.32. The number of esters is 1. The Morgan fingerprint density at radius 1 is 0.674 bits per heavy atom. The first-order valence-corrected chi connectivity index (χ1v) is 16.0. The average Bonchev–Trinajstić information content (AvgIpc) is 2.96. The summed E-state index contributed by atoms with van der Waals surface area (Å²) in [5.74, 6) is -1.88. The third-order valence-corrected chi connectivity index (χ3v) is 7.48. The van der Waals surface area contributed by atoms with Gasteiger partial charge in [-0.2, -0.15) is 0 Å². The number of aliphatic hydroxyl groups excluding tert-OH is 2. The Balaban J connectivity index is 1.58. The van der Waals surface area contributed by atoms with Gasteiger partial charge in [-0.1, -0.05) is 60.7 Å². The van der Waals surface area contributed by atoms with Crippen LogP contribution >= 0.6 is 0 Å². The van der Waals surface area contributed by atoms with Crippen molar-refractivity contribution >= 4 is 18.0 Å². The first-order valence-electron chi connectivity index (χ1n) is 16.0. The molecule has 0 unspecified atom stereocenters. The molecule has 1 heterocycles. The second-order valence-corrected chi connectivity index (χ2v) is 13.9. The van der Waals surface area contributed by atoms with Crippen molar-refractivity contribution in [1.29, 1.82) is 0 Å². The quantitative estimate of drug-likeness (QED) is 0.204. The molecule has 0 radical (unpaired) electrons. The van der Waals surface area contributed by atoms with Crippen LogP contribution in [0.5, 0.6) is 0 Å². The zero-order valence-corrected chi connectivity index (χ0v) is 28.1. The molecule has 0 spiro atoms. The Morgan fingerprint density at radius 2 is 1.07 bits per heavy atom. The standard InChI is InChI=1S/C35H52N4O7/c1-34(2,3)45-32(43)31(42)36-27(21-25-13-9-7-10-14-25)29(40)23-38-17-19-39(20-18-38)24-30(41)28(22-26-15-11-8-12-16-26)37-33(44)46-35(4,5)6/h7-16,27-30,40-41H,17-24H2,1-6H3,(H,36,42)(H,37,44)/t27-,28-,29+,30+/m0/s1. The van der Waals surface area contributed by atoms with Crippen LogP contribution in [0.15, 0.2) is 60.7 Å². The highest BCUT2D eigenvalue weighted by atomic mass is 16.6. The van der Waals surface area contributed by atoms with Crippen LogP contribution in [0.25, 0.3) is 0 Å². The number of nitrogens with zero attached hydrogens (tertiary/aromatic N) is 2. The number of carbonyl (C=O) groups is 3. The zero-order valence-electron chi connectivity index (χ0n) is 28.1. The highest BCUT2D eigenvalue weighted by Gasteiger charge is 2.31. The van der Waals surface area contributed by atoms with Gasteiger partial charge >= 0.3 is 18.0 Å². The van der Waals surface area contributed by atoms with Crippen LogP contribution in [0.1, 0.15) is 52.7 Å². The Morgan fingerprint density at radius 3 is 1.46 bits per heavy atom. The van der Waals surface area contributed by atoms with E-state index in [1.54, 1.807) is 41.5 Å². The molecule has 11 nitrogen and oxygen atoms in total. The number of β-amino-alcohol motifs (C(OH)–C–C–N with tert-alkyl or cyclic N) is 2. The second-order valence-electron chi connectivity index (χ2n) is 13.9. The lowest BCUT2D eigenvalue weighted by Gasteiger charge is -2.38. The zero-order chi connectivity index (χ0) is 33.9. The van der Waals surface area contributed by atoms with Gasteiger partial charge in [0.05, 0.1) is 24.3 Å². The summed E-state index contributed by atoms with van der Waals surface area (Å²) in [5, 5.41) is 28.1. The fourth-order valence-electron chi connectivity index (χ4n) is 5.25. The summed E-state index contributed by atoms with van der Waals surface area (Å²) in [4.78, 5) is 41.9. The number of benzene rings is 2. The Hall–Kier alpha value is -3.51. The van der Waals surface area contributed by atoms with Crippen LogP contribution in [0.4, 0.5) is 4.79 Å². The number of hydrogen-bond donors (Lipinski definition) is 4. The van der Waals surface area contributed by atoms with E-state index in [0.717, 1.165) is 11.1 Å². The fraction of sp³-hybridized carbons (Fsp3) is 0.571. The molecule has 254 valence electrons. The Bertz CT molecular complexity index is 1240. The minimum absolute atomic E-state index is 0.291. The second kappa shape index (κ2) is 16.9. The molecule has 3 rings (SSSR count). The molecule has 1 fully saturated rings. The van der Waals surface area contributed by atoms with Crippen LogP contribution in [0.3, 0.4) is 0 Å². The van der Waals surface area contributed by atoms with Crippen LogP contribution in [0.2, 0.25) is 0 Å². The first kappa shape index (κ1) is 37.0. The van der Waals surface area contributed by atoms with Crippen molar-refractivity contribution in [2.75, 3.05) is 39.3 Å². The molecule has 46 heavy (non-hydrogen) atoms. The molecular formula is C35H52N4O7. The van der Waals surface area contributed by atoms with E-state index in [4.69, 9.17) is 9.47 Å². The topological polar surface area (TPSA) is 141 Å². The number of hydrogen-bond acceptors (Lipinski definition) is 9. The van der Waals surface area contributed by atoms with E-state index in [-0.39, 0.29) is 0 Å². The number of amides is 2. The summed E-state index contributed by atoms with van der Waals surface area (Å²) in [5.41, 5.74) is 0.430. The average molecular weight is 641 g/mol. The van der Waals surface area contributed by atoms with Gasteiger partial charge in [0.2, 0.25) is 0 Å². The number of piperazine rings is 1. The summed E-state index contributed by atoms with van der Waals surface area (Å²) >= 11 is 0. The van der Waals surface area contributed by atoms with Gasteiger partial charge in [0.15, 0.2) is 0 Å². The predicted octanol–water partition coefficient (Wildman–Crippen LogP) is 2.53. The minimum atomic E-state index is -0.989. The van der Waals surface area contributed by atoms with E-state index in [0.29, 0.717) is 52.1 Å². The molecule has 2 aromatic rings. The maximum absolute atomic E-state index is 12.7. The normalized spacial score (nSPS) is 17.3. The molecule has 2 amide bonds. The number of ether oxygens (including phenoxy) is 2. The summed E-state index contributed by atoms with van der Waals surface area (Å²) in [6.45, 7) is 13.6. The fourth-order valence-corrected chi connectivity index (χ4v) is 5.25. The van der Waals surface area contributed by atoms with Gasteiger partial charge in [-0.3, -0.25) is 14.6 Å². The van der Waals surface area contributed by atoms with Gasteiger partial charge in [0, 0.05) is 39.3 Å². The van der Waals surface area contributed by atoms with Crippen LogP contribution in [0, 0.1) is 0 Å². The highest BCUT2D eigenvalue weighted by Crippen LogP contribution is 2.14. The van der Waals surface area contributed by atoms with Gasteiger partial charge in [0.25, 0.3) is 0 Å². The van der Waals surface area contributed by atoms with Crippen LogP contribution < -0.4 is 10.6 Å². The van der Waals surface area contributed by atoms with E-state index >= 15 is 0 Å². The summed E-state index contributed by atoms with van der Waals surface area (Å²) in [6.07, 6.45) is -1.57. The van der Waals surface area contributed by atoms with Crippen molar-refractivity contribution in [2.24, 2.45) is 0 Å². The smallest absolute Gasteiger partial charge is 0.407 e. The third-order valence-electron chi connectivity index (χ3n) is 7.48. The SMILES string of the molecule is CC(C)(C)OC(=O)N[C@@H](Cc1ccccc1)[C@H](O)CN1CCN(C[C@@H](O)[C@H](Cc2ccccc2)NC(=O)C(=O)OC(C)(C)C)CC1. The maximum Gasteiger partial charge on any atom is 0.407 e. The molecule has 0 aliphatic carbocycles. The molecular weight excluding hydrogens is 588 g/mol. The van der Waals surface area contributed by atoms with Gasteiger partial charge in [-0.15, -0.1) is 0 Å². The monoisotopic (exact) mass is 640 g/mol. The van der Waals surface area contributed by atoms with Gasteiger partial charge < -0.3 is 30.3 Å². The molecule has 4 atom stereocenters. The van der Waals surface area contributed by atoms with Gasteiger partial charge in [-0.25, -0.2) is 9.59 Å². The summed E-state index contributed by atoms with van der Waals surface area (Å²) in [7, 11) is 0. The number of carbonyl (C=O) groups excluding carboxylic acids is 3. The van der Waals surface area contributed by atoms with Crippen molar-refractivity contribution < 1.29 is 34.1 Å². The van der Waals surface area contributed by atoms with Crippen molar-refractivity contribution in [3.8, 4) is 0 Å². The van der Waals surface area contributed by atoms with E-state index in [9.17, 15) is 24.6 Å². The predicted molar refractivity (Wildman–Crippen MR) is 176 cm³/mol. The molecule has 0 bridgehead atoms. The maximum atomic E-state index is 12.7. The largest absolute Gasteiger partial charge is 0.453 e. The van der Waals surface area contributed by atoms with Crippen molar-refractivity contribution in [2.45, 2.75) is 89.9 Å². The van der Waals surface area contributed by atoms with Crippen molar-refractivity contribution in [3.05, 3.63) is 71.8 Å². The van der Waals surface area contributed by atoms with E-state index in [1.165, 1.54) is 0 Å². The number of alkyl carbamates (subject to hydrolysis) is 1. The molecule has 11 heteroatoms. The molecule has 2 aromatic carbocycles. The van der Waals surface area contributed by atoms with Crippen molar-refractivity contribution in [1.82, 2.24) is 20.4 Å². The lowest BCUT2D eigenvalue weighted by Crippen LogP contribution is -2.56. The third kappa shape index (κ3) is 13.5. The van der Waals surface area contributed by atoms with Crippen LogP contribution in [-0.4, -0.2) is 113 Å². The molecule has 4 N–H and O–H groups in total. The van der Waals surface area contributed by atoms with Crippen molar-refractivity contribution in [3.63, 3.8) is 0 Å². The number of aliphatic hydroxyl groups is 2. The summed E-state index contributed by atoms with van der Waals surface area (Å²) < 4.78 is 10.7. The lowest BCUT2D eigenvalue weighted by molar-refractivity contribution is -0.164. The van der Waals surface area contributed by atoms with Gasteiger partial charge in [-0.05, 0) is 65.5 Å². The Kier molecular flexibility index (Phi) is 13.6. The molecule has 0 saturated carbocycles. The number of rotatable bonds is 12. The molecule has 1 aliphatic rings. The van der Waals surface area contributed by atoms with E-state index in [1.807, 2.05) is 60.7 Å². The first-order chi connectivity index (χ1) is 21.6. The number of nitrogens with one attached hydrogen (secondary N) is 2. The molecule has 1 aliphatic heterocycles. The van der Waals surface area contributed by atoms with Crippen LogP contribution in [-0.2, 0) is 31.9 Å².